The minimum absolute atomic E-state index is 0.0774. The normalized spacial score (nSPS) is 11.6. The van der Waals surface area contributed by atoms with Crippen molar-refractivity contribution in [2.24, 2.45) is 0 Å². The largest absolute Gasteiger partial charge is 0.390 e. The quantitative estimate of drug-likeness (QED) is 0.655. The zero-order valence-electron chi connectivity index (χ0n) is 7.84. The second-order valence-corrected chi connectivity index (χ2v) is 3.89. The van der Waals surface area contributed by atoms with Crippen LogP contribution < -0.4 is 5.32 Å². The van der Waals surface area contributed by atoms with Gasteiger partial charge in [-0.2, -0.15) is 13.2 Å². The summed E-state index contributed by atoms with van der Waals surface area (Å²) < 4.78 is 61.3. The molecular formula is C9H7BrF5N. The van der Waals surface area contributed by atoms with Crippen LogP contribution in [0.4, 0.5) is 27.6 Å². The van der Waals surface area contributed by atoms with Gasteiger partial charge in [-0.25, -0.2) is 8.78 Å². The molecule has 1 rings (SSSR count). The Morgan fingerprint density at radius 1 is 1.12 bits per heavy atom. The van der Waals surface area contributed by atoms with Crippen LogP contribution in [-0.2, 0) is 0 Å². The van der Waals surface area contributed by atoms with E-state index in [0.29, 0.717) is 0 Å². The second kappa shape index (κ2) is 4.99. The molecule has 0 aliphatic carbocycles. The monoisotopic (exact) mass is 303 g/mol. The van der Waals surface area contributed by atoms with Crippen LogP contribution in [0.25, 0.3) is 0 Å². The van der Waals surface area contributed by atoms with Gasteiger partial charge >= 0.3 is 6.18 Å². The lowest BCUT2D eigenvalue weighted by Gasteiger charge is -2.10. The Bertz CT molecular complexity index is 377. The van der Waals surface area contributed by atoms with Crippen molar-refractivity contribution in [2.45, 2.75) is 12.6 Å². The van der Waals surface area contributed by atoms with Gasteiger partial charge in [-0.3, -0.25) is 0 Å². The second-order valence-electron chi connectivity index (χ2n) is 3.04. The van der Waals surface area contributed by atoms with Crippen LogP contribution in [0.15, 0.2) is 16.6 Å². The molecule has 16 heavy (non-hydrogen) atoms. The average Bonchev–Trinajstić information content (AvgIpc) is 2.11. The van der Waals surface area contributed by atoms with Crippen LogP contribution in [-0.4, -0.2) is 12.7 Å². The number of anilines is 1. The lowest BCUT2D eigenvalue weighted by Crippen LogP contribution is -2.15. The van der Waals surface area contributed by atoms with E-state index in [0.717, 1.165) is 12.1 Å². The highest BCUT2D eigenvalue weighted by Gasteiger charge is 2.26. The van der Waals surface area contributed by atoms with Gasteiger partial charge in [0.2, 0.25) is 0 Å². The Balaban J connectivity index is 2.64. The predicted molar refractivity (Wildman–Crippen MR) is 53.2 cm³/mol. The molecule has 0 spiro atoms. The summed E-state index contributed by atoms with van der Waals surface area (Å²) in [5.41, 5.74) is -0.287. The van der Waals surface area contributed by atoms with Gasteiger partial charge in [-0.1, -0.05) is 0 Å². The standard InChI is InChI=1S/C9H7BrF5N/c10-5-3-7(12)8(4-6(5)11)16-2-1-9(13,14)15/h3-4,16H,1-2H2. The molecule has 7 heteroatoms. The number of hydrogen-bond donors (Lipinski definition) is 1. The summed E-state index contributed by atoms with van der Waals surface area (Å²) in [6.45, 7) is -0.499. The lowest BCUT2D eigenvalue weighted by molar-refractivity contribution is -0.131. The molecule has 0 fully saturated rings. The summed E-state index contributed by atoms with van der Waals surface area (Å²) in [4.78, 5) is 0. The van der Waals surface area contributed by atoms with Crippen LogP contribution in [0, 0.1) is 11.6 Å². The number of nitrogens with one attached hydrogen (secondary N) is 1. The SMILES string of the molecule is Fc1cc(NCCC(F)(F)F)c(F)cc1Br. The summed E-state index contributed by atoms with van der Waals surface area (Å²) in [5, 5.41) is 2.18. The van der Waals surface area contributed by atoms with Crippen LogP contribution >= 0.6 is 15.9 Å². The van der Waals surface area contributed by atoms with Crippen molar-refractivity contribution in [2.75, 3.05) is 11.9 Å². The highest BCUT2D eigenvalue weighted by molar-refractivity contribution is 9.10. The molecule has 0 saturated carbocycles. The molecule has 1 aromatic rings. The highest BCUT2D eigenvalue weighted by atomic mass is 79.9. The van der Waals surface area contributed by atoms with Gasteiger partial charge < -0.3 is 5.32 Å². The molecule has 0 bridgehead atoms. The summed E-state index contributed by atoms with van der Waals surface area (Å²) in [7, 11) is 0. The molecule has 0 atom stereocenters. The van der Waals surface area contributed by atoms with E-state index in [2.05, 4.69) is 21.2 Å². The summed E-state index contributed by atoms with van der Waals surface area (Å²) in [6, 6.07) is 1.65. The molecule has 1 N–H and O–H groups in total. The maximum absolute atomic E-state index is 13.1. The fourth-order valence-electron chi connectivity index (χ4n) is 0.997. The molecule has 0 saturated heterocycles. The highest BCUT2D eigenvalue weighted by Crippen LogP contribution is 2.24. The number of halogens is 6. The zero-order chi connectivity index (χ0) is 12.3. The fraction of sp³-hybridized carbons (Fsp3) is 0.333. The molecule has 0 heterocycles. The third kappa shape index (κ3) is 3.96. The number of alkyl halides is 3. The topological polar surface area (TPSA) is 12.0 Å². The Hall–Kier alpha value is -0.850. The van der Waals surface area contributed by atoms with E-state index in [1.165, 1.54) is 0 Å². The van der Waals surface area contributed by atoms with Gasteiger partial charge in [0.15, 0.2) is 0 Å². The van der Waals surface area contributed by atoms with E-state index >= 15 is 0 Å². The first-order chi connectivity index (χ1) is 7.29. The van der Waals surface area contributed by atoms with Crippen LogP contribution in [0.5, 0.6) is 0 Å². The van der Waals surface area contributed by atoms with Gasteiger partial charge in [0.25, 0.3) is 0 Å². The third-order valence-corrected chi connectivity index (χ3v) is 2.34. The molecule has 0 aliphatic rings. The van der Waals surface area contributed by atoms with Gasteiger partial charge in [0.1, 0.15) is 11.6 Å². The van der Waals surface area contributed by atoms with Crippen molar-refractivity contribution in [1.82, 2.24) is 0 Å². The van der Waals surface area contributed by atoms with Crippen molar-refractivity contribution in [3.8, 4) is 0 Å². The minimum Gasteiger partial charge on any atom is -0.382 e. The molecule has 1 aromatic carbocycles. The maximum Gasteiger partial charge on any atom is 0.390 e. The Kier molecular flexibility index (Phi) is 4.12. The summed E-state index contributed by atoms with van der Waals surface area (Å²) >= 11 is 2.76. The zero-order valence-corrected chi connectivity index (χ0v) is 9.42. The molecule has 0 aliphatic heterocycles. The smallest absolute Gasteiger partial charge is 0.382 e. The summed E-state index contributed by atoms with van der Waals surface area (Å²) in [6.07, 6.45) is -5.43. The van der Waals surface area contributed by atoms with E-state index < -0.39 is 30.8 Å². The molecule has 0 radical (unpaired) electrons. The van der Waals surface area contributed by atoms with E-state index in [1.54, 1.807) is 0 Å². The molecule has 0 aromatic heterocycles. The van der Waals surface area contributed by atoms with E-state index in [-0.39, 0.29) is 10.2 Å². The Morgan fingerprint density at radius 2 is 1.75 bits per heavy atom. The first kappa shape index (κ1) is 13.2. The van der Waals surface area contributed by atoms with Gasteiger partial charge in [0.05, 0.1) is 16.6 Å². The van der Waals surface area contributed by atoms with Crippen molar-refractivity contribution < 1.29 is 22.0 Å². The molecule has 1 nitrogen and oxygen atoms in total. The van der Waals surface area contributed by atoms with Crippen molar-refractivity contribution in [1.29, 1.82) is 0 Å². The molecule has 90 valence electrons. The first-order valence-corrected chi connectivity index (χ1v) is 5.04. The van der Waals surface area contributed by atoms with Crippen LogP contribution in [0.2, 0.25) is 0 Å². The lowest BCUT2D eigenvalue weighted by atomic mass is 10.3. The number of benzene rings is 1. The molecule has 0 unspecified atom stereocenters. The van der Waals surface area contributed by atoms with Crippen molar-refractivity contribution in [3.63, 3.8) is 0 Å². The number of rotatable bonds is 3. The first-order valence-electron chi connectivity index (χ1n) is 4.25. The summed E-state index contributed by atoms with van der Waals surface area (Å²) in [5.74, 6) is -1.55. The Labute approximate surface area is 96.8 Å². The average molecular weight is 304 g/mol. The fourth-order valence-corrected chi connectivity index (χ4v) is 1.31. The van der Waals surface area contributed by atoms with E-state index in [9.17, 15) is 22.0 Å². The van der Waals surface area contributed by atoms with Gasteiger partial charge in [-0.05, 0) is 22.0 Å². The van der Waals surface area contributed by atoms with E-state index in [4.69, 9.17) is 0 Å². The Morgan fingerprint density at radius 3 is 2.31 bits per heavy atom. The van der Waals surface area contributed by atoms with Crippen molar-refractivity contribution in [3.05, 3.63) is 28.2 Å². The molecule has 0 amide bonds. The van der Waals surface area contributed by atoms with Gasteiger partial charge in [-0.15, -0.1) is 0 Å². The van der Waals surface area contributed by atoms with Crippen LogP contribution in [0.3, 0.4) is 0 Å². The van der Waals surface area contributed by atoms with Gasteiger partial charge in [0, 0.05) is 12.6 Å². The number of hydrogen-bond acceptors (Lipinski definition) is 1. The van der Waals surface area contributed by atoms with Crippen LogP contribution in [0.1, 0.15) is 6.42 Å². The third-order valence-electron chi connectivity index (χ3n) is 1.73. The minimum atomic E-state index is -4.32. The predicted octanol–water partition coefficient (Wildman–Crippen LogP) is 4.09. The van der Waals surface area contributed by atoms with Crippen molar-refractivity contribution >= 4 is 21.6 Å². The van der Waals surface area contributed by atoms with E-state index in [1.807, 2.05) is 0 Å². The molecular weight excluding hydrogens is 297 g/mol. The maximum atomic E-state index is 13.1.